The summed E-state index contributed by atoms with van der Waals surface area (Å²) in [6.45, 7) is 0.107. The third kappa shape index (κ3) is 2.16. The molecule has 5 nitrogen and oxygen atoms in total. The second-order valence-corrected chi connectivity index (χ2v) is 5.71. The summed E-state index contributed by atoms with van der Waals surface area (Å²) in [5, 5.41) is 15.4. The first-order valence-corrected chi connectivity index (χ1v) is 6.60. The van der Waals surface area contributed by atoms with Gasteiger partial charge >= 0.3 is 12.1 Å². The van der Waals surface area contributed by atoms with Crippen LogP contribution in [-0.2, 0) is 12.7 Å². The molecular weight excluding hydrogens is 275 g/mol. The molecule has 110 valence electrons. The van der Waals surface area contributed by atoms with Crippen LogP contribution in [0.2, 0.25) is 0 Å². The summed E-state index contributed by atoms with van der Waals surface area (Å²) >= 11 is 0. The Bertz CT molecular complexity index is 541. The molecule has 1 heterocycles. The van der Waals surface area contributed by atoms with E-state index in [4.69, 9.17) is 5.11 Å². The van der Waals surface area contributed by atoms with Gasteiger partial charge in [-0.3, -0.25) is 0 Å². The summed E-state index contributed by atoms with van der Waals surface area (Å²) in [7, 11) is 0. The van der Waals surface area contributed by atoms with Crippen LogP contribution in [0.15, 0.2) is 0 Å². The molecule has 0 saturated heterocycles. The molecule has 3 atom stereocenters. The first kappa shape index (κ1) is 13.4. The fourth-order valence-electron chi connectivity index (χ4n) is 3.69. The summed E-state index contributed by atoms with van der Waals surface area (Å²) in [4.78, 5) is 10.8. The number of rotatable bonds is 3. The minimum atomic E-state index is -4.76. The maximum Gasteiger partial charge on any atom is 0.435 e. The number of aromatic nitrogens is 3. The Kier molecular flexibility index (Phi) is 2.98. The number of aromatic carboxylic acids is 1. The molecule has 1 aromatic heterocycles. The van der Waals surface area contributed by atoms with Gasteiger partial charge in [-0.15, -0.1) is 5.10 Å². The number of alkyl halides is 3. The predicted octanol–water partition coefficient (Wildman–Crippen LogP) is 2.43. The summed E-state index contributed by atoms with van der Waals surface area (Å²) in [5.74, 6) is -0.491. The van der Waals surface area contributed by atoms with Crippen LogP contribution in [0.25, 0.3) is 0 Å². The van der Waals surface area contributed by atoms with Crippen molar-refractivity contribution in [2.24, 2.45) is 17.8 Å². The van der Waals surface area contributed by atoms with Gasteiger partial charge in [-0.1, -0.05) is 11.6 Å². The number of carboxylic acids is 1. The second-order valence-electron chi connectivity index (χ2n) is 5.71. The number of fused-ring (bicyclic) bond motifs is 2. The summed E-state index contributed by atoms with van der Waals surface area (Å²) < 4.78 is 39.7. The summed E-state index contributed by atoms with van der Waals surface area (Å²) in [6, 6.07) is 0. The molecular formula is C12H14F3N3O2. The lowest BCUT2D eigenvalue weighted by Gasteiger charge is -2.22. The molecule has 1 aromatic rings. The average molecular weight is 289 g/mol. The first-order chi connectivity index (χ1) is 9.36. The highest BCUT2D eigenvalue weighted by Gasteiger charge is 2.44. The third-order valence-corrected chi connectivity index (χ3v) is 4.50. The zero-order chi connectivity index (χ0) is 14.5. The Labute approximate surface area is 112 Å². The van der Waals surface area contributed by atoms with Crippen LogP contribution in [0.3, 0.4) is 0 Å². The van der Waals surface area contributed by atoms with Crippen molar-refractivity contribution in [1.82, 2.24) is 15.0 Å². The molecule has 0 amide bonds. The number of carboxylic acid groups (broad SMARTS) is 1. The van der Waals surface area contributed by atoms with Gasteiger partial charge in [0.25, 0.3) is 0 Å². The lowest BCUT2D eigenvalue weighted by Crippen LogP contribution is -2.24. The van der Waals surface area contributed by atoms with Gasteiger partial charge in [0, 0.05) is 6.54 Å². The van der Waals surface area contributed by atoms with Crippen LogP contribution >= 0.6 is 0 Å². The fraction of sp³-hybridized carbons (Fsp3) is 0.750. The number of nitrogens with zero attached hydrogens (tertiary/aromatic N) is 3. The molecule has 2 bridgehead atoms. The topological polar surface area (TPSA) is 68.0 Å². The number of hydrogen-bond donors (Lipinski definition) is 1. The van der Waals surface area contributed by atoms with Crippen molar-refractivity contribution in [1.29, 1.82) is 0 Å². The standard InChI is InChI=1S/C12H14F3N3O2/c13-12(14,15)10-9(11(19)20)16-17-18(10)5-8-4-6-1-2-7(8)3-6/h6-8H,1-5H2,(H,19,20). The van der Waals surface area contributed by atoms with Crippen LogP contribution in [0.5, 0.6) is 0 Å². The zero-order valence-electron chi connectivity index (χ0n) is 10.6. The van der Waals surface area contributed by atoms with E-state index in [0.717, 1.165) is 30.4 Å². The SMILES string of the molecule is O=C(O)c1nnn(CC2CC3CCC2C3)c1C(F)(F)F. The molecule has 1 N–H and O–H groups in total. The molecule has 20 heavy (non-hydrogen) atoms. The summed E-state index contributed by atoms with van der Waals surface area (Å²) in [5.41, 5.74) is -2.26. The molecule has 3 rings (SSSR count). The van der Waals surface area contributed by atoms with Crippen molar-refractivity contribution < 1.29 is 23.1 Å². The Morgan fingerprint density at radius 1 is 1.35 bits per heavy atom. The van der Waals surface area contributed by atoms with E-state index in [1.54, 1.807) is 0 Å². The van der Waals surface area contributed by atoms with Gasteiger partial charge in [0.05, 0.1) is 0 Å². The van der Waals surface area contributed by atoms with Crippen molar-refractivity contribution in [2.45, 2.75) is 38.4 Å². The first-order valence-electron chi connectivity index (χ1n) is 6.60. The predicted molar refractivity (Wildman–Crippen MR) is 60.9 cm³/mol. The minimum Gasteiger partial charge on any atom is -0.476 e. The van der Waals surface area contributed by atoms with Gasteiger partial charge < -0.3 is 5.11 Å². The van der Waals surface area contributed by atoms with Gasteiger partial charge in [-0.05, 0) is 37.0 Å². The highest BCUT2D eigenvalue weighted by atomic mass is 19.4. The van der Waals surface area contributed by atoms with Gasteiger partial charge in [0.2, 0.25) is 5.69 Å². The Hall–Kier alpha value is -1.60. The minimum absolute atomic E-state index is 0.107. The molecule has 2 aliphatic carbocycles. The molecule has 0 aliphatic heterocycles. The van der Waals surface area contributed by atoms with Crippen LogP contribution in [0.4, 0.5) is 13.2 Å². The Balaban J connectivity index is 1.88. The van der Waals surface area contributed by atoms with Crippen molar-refractivity contribution >= 4 is 5.97 Å². The molecule has 0 spiro atoms. The second kappa shape index (κ2) is 4.46. The van der Waals surface area contributed by atoms with Gasteiger partial charge in [0.15, 0.2) is 5.69 Å². The van der Waals surface area contributed by atoms with Gasteiger partial charge in [-0.2, -0.15) is 13.2 Å². The van der Waals surface area contributed by atoms with E-state index in [-0.39, 0.29) is 12.5 Å². The largest absolute Gasteiger partial charge is 0.476 e. The smallest absolute Gasteiger partial charge is 0.435 e. The molecule has 3 unspecified atom stereocenters. The summed E-state index contributed by atoms with van der Waals surface area (Å²) in [6.07, 6.45) is -0.562. The van der Waals surface area contributed by atoms with Crippen molar-refractivity contribution in [3.63, 3.8) is 0 Å². The Morgan fingerprint density at radius 2 is 2.10 bits per heavy atom. The third-order valence-electron chi connectivity index (χ3n) is 4.50. The van der Waals surface area contributed by atoms with Crippen LogP contribution in [0.1, 0.15) is 41.9 Å². The number of hydrogen-bond acceptors (Lipinski definition) is 3. The fourth-order valence-corrected chi connectivity index (χ4v) is 3.69. The van der Waals surface area contributed by atoms with E-state index < -0.39 is 23.5 Å². The molecule has 0 radical (unpaired) electrons. The molecule has 2 saturated carbocycles. The molecule has 0 aromatic carbocycles. The van der Waals surface area contributed by atoms with Crippen LogP contribution in [-0.4, -0.2) is 26.1 Å². The Morgan fingerprint density at radius 3 is 2.60 bits per heavy atom. The van der Waals surface area contributed by atoms with Crippen molar-refractivity contribution in [2.75, 3.05) is 0 Å². The van der Waals surface area contributed by atoms with Gasteiger partial charge in [-0.25, -0.2) is 9.48 Å². The van der Waals surface area contributed by atoms with E-state index in [9.17, 15) is 18.0 Å². The maximum atomic E-state index is 13.0. The van der Waals surface area contributed by atoms with E-state index >= 15 is 0 Å². The van der Waals surface area contributed by atoms with E-state index in [1.807, 2.05) is 0 Å². The van der Waals surface area contributed by atoms with Crippen LogP contribution in [0, 0.1) is 17.8 Å². The van der Waals surface area contributed by atoms with E-state index in [2.05, 4.69) is 10.3 Å². The van der Waals surface area contributed by atoms with E-state index in [0.29, 0.717) is 11.8 Å². The number of carbonyl (C=O) groups is 1. The molecule has 2 fully saturated rings. The highest BCUT2D eigenvalue weighted by molar-refractivity contribution is 5.86. The quantitative estimate of drug-likeness (QED) is 0.928. The van der Waals surface area contributed by atoms with E-state index in [1.165, 1.54) is 0 Å². The molecule has 2 aliphatic rings. The molecule has 8 heteroatoms. The van der Waals surface area contributed by atoms with Crippen molar-refractivity contribution in [3.05, 3.63) is 11.4 Å². The maximum absolute atomic E-state index is 13.0. The lowest BCUT2D eigenvalue weighted by molar-refractivity contribution is -0.145. The van der Waals surface area contributed by atoms with Gasteiger partial charge in [0.1, 0.15) is 0 Å². The van der Waals surface area contributed by atoms with Crippen LogP contribution < -0.4 is 0 Å². The highest BCUT2D eigenvalue weighted by Crippen LogP contribution is 2.49. The monoisotopic (exact) mass is 289 g/mol. The lowest BCUT2D eigenvalue weighted by atomic mass is 9.89. The van der Waals surface area contributed by atoms with Crippen molar-refractivity contribution in [3.8, 4) is 0 Å². The zero-order valence-corrected chi connectivity index (χ0v) is 10.6. The number of halogens is 3. The normalized spacial score (nSPS) is 29.1. The average Bonchev–Trinajstić information content (AvgIpc) is 3.00.